The van der Waals surface area contributed by atoms with E-state index in [4.69, 9.17) is 0 Å². The summed E-state index contributed by atoms with van der Waals surface area (Å²) in [6, 6.07) is 15.5. The fourth-order valence-electron chi connectivity index (χ4n) is 4.40. The van der Waals surface area contributed by atoms with E-state index in [0.29, 0.717) is 50.8 Å². The number of anilines is 1. The third kappa shape index (κ3) is 4.47. The van der Waals surface area contributed by atoms with Crippen LogP contribution in [0.15, 0.2) is 54.6 Å². The number of benzene rings is 2. The molecule has 1 atom stereocenters. The van der Waals surface area contributed by atoms with Crippen LogP contribution < -0.4 is 4.90 Å². The first-order valence-corrected chi connectivity index (χ1v) is 11.0. The van der Waals surface area contributed by atoms with Gasteiger partial charge in [0.05, 0.1) is 18.2 Å². The maximum Gasteiger partial charge on any atom is 0.228 e. The van der Waals surface area contributed by atoms with Crippen molar-refractivity contribution in [2.75, 3.05) is 37.6 Å². The molecule has 1 unspecified atom stereocenters. The third-order valence-electron chi connectivity index (χ3n) is 6.20. The van der Waals surface area contributed by atoms with E-state index >= 15 is 0 Å². The van der Waals surface area contributed by atoms with Crippen LogP contribution >= 0.6 is 0 Å². The van der Waals surface area contributed by atoms with Crippen LogP contribution in [0, 0.1) is 11.7 Å². The molecule has 2 aliphatic heterocycles. The second-order valence-electron chi connectivity index (χ2n) is 8.33. The fourth-order valence-corrected chi connectivity index (χ4v) is 4.40. The van der Waals surface area contributed by atoms with Crippen molar-refractivity contribution in [3.63, 3.8) is 0 Å². The van der Waals surface area contributed by atoms with Crippen LogP contribution in [0.25, 0.3) is 5.69 Å². The average Bonchev–Trinajstić information content (AvgIpc) is 3.47. The molecule has 0 aliphatic carbocycles. The minimum atomic E-state index is -0.315. The van der Waals surface area contributed by atoms with Crippen LogP contribution in [0.3, 0.4) is 0 Å². The van der Waals surface area contributed by atoms with Crippen molar-refractivity contribution in [2.24, 2.45) is 5.92 Å². The summed E-state index contributed by atoms with van der Waals surface area (Å²) in [5.74, 6) is 0.0599. The molecule has 2 amide bonds. The van der Waals surface area contributed by atoms with Gasteiger partial charge in [-0.2, -0.15) is 4.68 Å². The Bertz CT molecular complexity index is 1130. The van der Waals surface area contributed by atoms with Crippen LogP contribution in [-0.2, 0) is 16.1 Å². The van der Waals surface area contributed by atoms with E-state index in [1.54, 1.807) is 21.7 Å². The molecule has 0 bridgehead atoms. The predicted octanol–water partition coefficient (Wildman–Crippen LogP) is 1.50. The van der Waals surface area contributed by atoms with E-state index < -0.39 is 0 Å². The molecule has 2 fully saturated rings. The Kier molecular flexibility index (Phi) is 5.82. The zero-order chi connectivity index (χ0) is 22.8. The lowest BCUT2D eigenvalue weighted by Gasteiger charge is -2.35. The Morgan fingerprint density at radius 3 is 2.42 bits per heavy atom. The summed E-state index contributed by atoms with van der Waals surface area (Å²) in [6.07, 6.45) is 0.250. The van der Waals surface area contributed by atoms with Crippen LogP contribution in [0.2, 0.25) is 0 Å². The van der Waals surface area contributed by atoms with Crippen LogP contribution in [0.1, 0.15) is 12.2 Å². The smallest absolute Gasteiger partial charge is 0.228 e. The number of amides is 2. The number of halogens is 1. The molecule has 5 rings (SSSR count). The molecule has 33 heavy (non-hydrogen) atoms. The lowest BCUT2D eigenvalue weighted by Crippen LogP contribution is -2.50. The number of hydrogen-bond acceptors (Lipinski definition) is 6. The Morgan fingerprint density at radius 1 is 0.970 bits per heavy atom. The van der Waals surface area contributed by atoms with E-state index in [-0.39, 0.29) is 30.0 Å². The highest BCUT2D eigenvalue weighted by Gasteiger charge is 2.38. The average molecular weight is 449 g/mol. The number of tetrazole rings is 1. The first-order chi connectivity index (χ1) is 16.1. The zero-order valence-electron chi connectivity index (χ0n) is 18.0. The number of hydrogen-bond donors (Lipinski definition) is 0. The van der Waals surface area contributed by atoms with Crippen LogP contribution in [-0.4, -0.2) is 74.5 Å². The molecule has 0 radical (unpaired) electrons. The number of aromatic nitrogens is 4. The molecule has 10 heteroatoms. The molecule has 2 saturated heterocycles. The first kappa shape index (κ1) is 21.2. The number of para-hydroxylation sites is 1. The molecule has 0 spiro atoms. The van der Waals surface area contributed by atoms with Crippen LogP contribution in [0.5, 0.6) is 0 Å². The van der Waals surface area contributed by atoms with Gasteiger partial charge < -0.3 is 9.80 Å². The SMILES string of the molecule is O=C(C1CC(=O)N(c2ccccc2)C1)N1CCN(Cc2nnnn2-c2ccc(F)cc2)CC1. The van der Waals surface area contributed by atoms with Gasteiger partial charge in [-0.1, -0.05) is 18.2 Å². The lowest BCUT2D eigenvalue weighted by molar-refractivity contribution is -0.137. The molecule has 0 N–H and O–H groups in total. The maximum absolute atomic E-state index is 13.2. The van der Waals surface area contributed by atoms with Gasteiger partial charge in [-0.05, 0) is 46.8 Å². The summed E-state index contributed by atoms with van der Waals surface area (Å²) in [6.45, 7) is 3.50. The van der Waals surface area contributed by atoms with Gasteiger partial charge in [-0.15, -0.1) is 5.10 Å². The molecule has 9 nitrogen and oxygen atoms in total. The molecule has 170 valence electrons. The quantitative estimate of drug-likeness (QED) is 0.587. The van der Waals surface area contributed by atoms with Crippen molar-refractivity contribution in [1.82, 2.24) is 30.0 Å². The first-order valence-electron chi connectivity index (χ1n) is 11.0. The topological polar surface area (TPSA) is 87.5 Å². The Balaban J connectivity index is 1.17. The molecule has 2 aliphatic rings. The fraction of sp³-hybridized carbons (Fsp3) is 0.348. The predicted molar refractivity (Wildman–Crippen MR) is 118 cm³/mol. The van der Waals surface area contributed by atoms with E-state index in [1.807, 2.05) is 35.2 Å². The minimum absolute atomic E-state index is 0.00850. The second kappa shape index (κ2) is 9.07. The highest BCUT2D eigenvalue weighted by atomic mass is 19.1. The van der Waals surface area contributed by atoms with Crippen molar-refractivity contribution < 1.29 is 14.0 Å². The van der Waals surface area contributed by atoms with Gasteiger partial charge in [0.25, 0.3) is 0 Å². The summed E-state index contributed by atoms with van der Waals surface area (Å²) in [4.78, 5) is 31.3. The highest BCUT2D eigenvalue weighted by molar-refractivity contribution is 6.00. The van der Waals surface area contributed by atoms with Crippen molar-refractivity contribution >= 4 is 17.5 Å². The number of carbonyl (C=O) groups is 2. The summed E-state index contributed by atoms with van der Waals surface area (Å²) in [5, 5.41) is 11.9. The van der Waals surface area contributed by atoms with Gasteiger partial charge in [-0.25, -0.2) is 4.39 Å². The third-order valence-corrected chi connectivity index (χ3v) is 6.20. The molecular formula is C23H24FN7O2. The van der Waals surface area contributed by atoms with Gasteiger partial charge in [0.2, 0.25) is 11.8 Å². The van der Waals surface area contributed by atoms with Gasteiger partial charge in [0.1, 0.15) is 5.82 Å². The minimum Gasteiger partial charge on any atom is -0.340 e. The molecule has 3 heterocycles. The number of rotatable bonds is 5. The largest absolute Gasteiger partial charge is 0.340 e. The standard InChI is InChI=1S/C23H24FN7O2/c24-18-6-8-20(9-7-18)31-21(25-26-27-31)16-28-10-12-29(13-11-28)23(33)17-14-22(32)30(15-17)19-4-2-1-3-5-19/h1-9,17H,10-16H2. The zero-order valence-corrected chi connectivity index (χ0v) is 18.0. The summed E-state index contributed by atoms with van der Waals surface area (Å²) in [5.41, 5.74) is 1.53. The van der Waals surface area contributed by atoms with Crippen molar-refractivity contribution in [3.8, 4) is 5.69 Å². The second-order valence-corrected chi connectivity index (χ2v) is 8.33. The van der Waals surface area contributed by atoms with E-state index in [9.17, 15) is 14.0 Å². The Hall–Kier alpha value is -3.66. The molecule has 1 aromatic heterocycles. The number of nitrogens with zero attached hydrogens (tertiary/aromatic N) is 7. The Labute approximate surface area is 190 Å². The summed E-state index contributed by atoms with van der Waals surface area (Å²) in [7, 11) is 0. The van der Waals surface area contributed by atoms with E-state index in [1.165, 1.54) is 12.1 Å². The van der Waals surface area contributed by atoms with Crippen molar-refractivity contribution in [2.45, 2.75) is 13.0 Å². The van der Waals surface area contributed by atoms with Gasteiger partial charge in [0, 0.05) is 44.8 Å². The molecule has 2 aromatic carbocycles. The van der Waals surface area contributed by atoms with Gasteiger partial charge in [-0.3, -0.25) is 14.5 Å². The summed E-state index contributed by atoms with van der Waals surface area (Å²) < 4.78 is 14.8. The highest BCUT2D eigenvalue weighted by Crippen LogP contribution is 2.26. The molecular weight excluding hydrogens is 425 g/mol. The van der Waals surface area contributed by atoms with Gasteiger partial charge >= 0.3 is 0 Å². The van der Waals surface area contributed by atoms with E-state index in [2.05, 4.69) is 20.4 Å². The normalized spacial score (nSPS) is 19.3. The van der Waals surface area contributed by atoms with E-state index in [0.717, 1.165) is 5.69 Å². The molecule has 3 aromatic rings. The summed E-state index contributed by atoms with van der Waals surface area (Å²) >= 11 is 0. The molecule has 0 saturated carbocycles. The maximum atomic E-state index is 13.2. The monoisotopic (exact) mass is 449 g/mol. The van der Waals surface area contributed by atoms with Crippen molar-refractivity contribution in [3.05, 3.63) is 66.2 Å². The van der Waals surface area contributed by atoms with Crippen LogP contribution in [0.4, 0.5) is 10.1 Å². The van der Waals surface area contributed by atoms with Gasteiger partial charge in [0.15, 0.2) is 5.82 Å². The lowest BCUT2D eigenvalue weighted by atomic mass is 10.1. The number of carbonyl (C=O) groups excluding carboxylic acids is 2. The number of piperazine rings is 1. The van der Waals surface area contributed by atoms with Crippen molar-refractivity contribution in [1.29, 1.82) is 0 Å². The Morgan fingerprint density at radius 2 is 1.70 bits per heavy atom.